The van der Waals surface area contributed by atoms with E-state index in [4.69, 9.17) is 4.74 Å². The predicted molar refractivity (Wildman–Crippen MR) is 96.2 cm³/mol. The molecular weight excluding hydrogens is 340 g/mol. The molecule has 1 N–H and O–H groups in total. The number of aryl methyl sites for hydroxylation is 4. The number of H-pyrrole nitrogens is 1. The summed E-state index contributed by atoms with van der Waals surface area (Å²) in [5.41, 5.74) is 2.51. The summed E-state index contributed by atoms with van der Waals surface area (Å²) < 4.78 is 7.16. The van der Waals surface area contributed by atoms with Gasteiger partial charge in [-0.2, -0.15) is 5.10 Å². The van der Waals surface area contributed by atoms with Crippen molar-refractivity contribution in [1.29, 1.82) is 0 Å². The van der Waals surface area contributed by atoms with Gasteiger partial charge in [0, 0.05) is 17.6 Å². The lowest BCUT2D eigenvalue weighted by molar-refractivity contribution is 0.0318. The maximum atomic E-state index is 12.5. The van der Waals surface area contributed by atoms with Gasteiger partial charge in [-0.15, -0.1) is 11.3 Å². The molecule has 3 rings (SSSR count). The highest BCUT2D eigenvalue weighted by Crippen LogP contribution is 2.27. The number of fused-ring (bicyclic) bond motifs is 1. The number of ether oxygens (including phenoxy) is 1. The SMILES string of the molecule is Cc1nn(C)c(C)c1C(=O)O[C@H](C)c1nc2sc(C)c(C)c2c(=O)[nH]1. The number of nitrogens with one attached hydrogen (secondary N) is 1. The first kappa shape index (κ1) is 17.3. The molecule has 3 heterocycles. The lowest BCUT2D eigenvalue weighted by Gasteiger charge is -2.12. The van der Waals surface area contributed by atoms with Crippen LogP contribution in [0.3, 0.4) is 0 Å². The van der Waals surface area contributed by atoms with E-state index in [0.717, 1.165) is 16.1 Å². The standard InChI is InChI=1S/C17H20N4O3S/c1-7-11(5)25-16-12(7)15(22)18-14(19-16)10(4)24-17(23)13-8(2)20-21(6)9(13)3/h10H,1-6H3,(H,18,19,22)/t10-/m1/s1. The minimum atomic E-state index is -0.675. The number of hydrogen-bond donors (Lipinski definition) is 1. The van der Waals surface area contributed by atoms with E-state index in [1.807, 2.05) is 20.8 Å². The van der Waals surface area contributed by atoms with Crippen LogP contribution in [-0.2, 0) is 11.8 Å². The Kier molecular flexibility index (Phi) is 4.24. The fraction of sp³-hybridized carbons (Fsp3) is 0.412. The average molecular weight is 360 g/mol. The molecule has 0 fully saturated rings. The zero-order valence-corrected chi connectivity index (χ0v) is 15.9. The van der Waals surface area contributed by atoms with Gasteiger partial charge in [0.15, 0.2) is 11.9 Å². The van der Waals surface area contributed by atoms with Gasteiger partial charge in [0.1, 0.15) is 10.4 Å². The molecular formula is C17H20N4O3S. The summed E-state index contributed by atoms with van der Waals surface area (Å²) in [6, 6.07) is 0. The monoisotopic (exact) mass is 360 g/mol. The van der Waals surface area contributed by atoms with Crippen molar-refractivity contribution < 1.29 is 9.53 Å². The molecule has 0 spiro atoms. The predicted octanol–water partition coefficient (Wildman–Crippen LogP) is 2.87. The lowest BCUT2D eigenvalue weighted by atomic mass is 10.2. The highest BCUT2D eigenvalue weighted by molar-refractivity contribution is 7.18. The van der Waals surface area contributed by atoms with Gasteiger partial charge in [0.05, 0.1) is 11.1 Å². The van der Waals surface area contributed by atoms with Crippen LogP contribution in [0.5, 0.6) is 0 Å². The van der Waals surface area contributed by atoms with Crippen LogP contribution in [0, 0.1) is 27.7 Å². The fourth-order valence-corrected chi connectivity index (χ4v) is 3.85. The Morgan fingerprint density at radius 1 is 1.28 bits per heavy atom. The molecule has 8 heteroatoms. The number of nitrogens with zero attached hydrogens (tertiary/aromatic N) is 3. The third-order valence-electron chi connectivity index (χ3n) is 4.44. The number of esters is 1. The van der Waals surface area contributed by atoms with Crippen LogP contribution in [0.1, 0.15) is 51.0 Å². The van der Waals surface area contributed by atoms with Crippen molar-refractivity contribution >= 4 is 27.5 Å². The molecule has 0 aliphatic heterocycles. The molecule has 0 aliphatic carbocycles. The van der Waals surface area contributed by atoms with E-state index in [1.54, 1.807) is 25.6 Å². The number of carbonyl (C=O) groups is 1. The van der Waals surface area contributed by atoms with Crippen molar-refractivity contribution in [2.45, 2.75) is 40.7 Å². The van der Waals surface area contributed by atoms with Crippen molar-refractivity contribution in [2.24, 2.45) is 7.05 Å². The van der Waals surface area contributed by atoms with Gasteiger partial charge in [-0.05, 0) is 40.2 Å². The van der Waals surface area contributed by atoms with Crippen molar-refractivity contribution in [3.8, 4) is 0 Å². The van der Waals surface area contributed by atoms with E-state index < -0.39 is 12.1 Å². The van der Waals surface area contributed by atoms with Gasteiger partial charge < -0.3 is 9.72 Å². The van der Waals surface area contributed by atoms with E-state index in [1.165, 1.54) is 11.3 Å². The highest BCUT2D eigenvalue weighted by Gasteiger charge is 2.23. The first-order valence-electron chi connectivity index (χ1n) is 7.91. The number of hydrogen-bond acceptors (Lipinski definition) is 6. The Balaban J connectivity index is 1.93. The molecule has 0 unspecified atom stereocenters. The van der Waals surface area contributed by atoms with Gasteiger partial charge in [0.2, 0.25) is 0 Å². The zero-order chi connectivity index (χ0) is 18.5. The normalized spacial score (nSPS) is 12.6. The van der Waals surface area contributed by atoms with Crippen LogP contribution < -0.4 is 5.56 Å². The molecule has 0 radical (unpaired) electrons. The van der Waals surface area contributed by atoms with E-state index in [0.29, 0.717) is 27.3 Å². The van der Waals surface area contributed by atoms with E-state index in [2.05, 4.69) is 15.1 Å². The maximum Gasteiger partial charge on any atom is 0.342 e. The van der Waals surface area contributed by atoms with Crippen LogP contribution in [0.15, 0.2) is 4.79 Å². The average Bonchev–Trinajstić information content (AvgIpc) is 2.95. The molecule has 0 saturated heterocycles. The minimum absolute atomic E-state index is 0.210. The van der Waals surface area contributed by atoms with Crippen LogP contribution >= 0.6 is 11.3 Å². The van der Waals surface area contributed by atoms with E-state index >= 15 is 0 Å². The minimum Gasteiger partial charge on any atom is -0.451 e. The number of aromatic amines is 1. The van der Waals surface area contributed by atoms with Gasteiger partial charge >= 0.3 is 5.97 Å². The smallest absolute Gasteiger partial charge is 0.342 e. The summed E-state index contributed by atoms with van der Waals surface area (Å²) in [5, 5.41) is 4.82. The Morgan fingerprint density at radius 3 is 2.56 bits per heavy atom. The second kappa shape index (κ2) is 6.11. The number of carbonyl (C=O) groups excluding carboxylic acids is 1. The number of thiophene rings is 1. The van der Waals surface area contributed by atoms with Crippen LogP contribution in [-0.4, -0.2) is 25.7 Å². The lowest BCUT2D eigenvalue weighted by Crippen LogP contribution is -2.18. The number of aromatic nitrogens is 4. The van der Waals surface area contributed by atoms with Gasteiger partial charge in [-0.3, -0.25) is 9.48 Å². The second-order valence-corrected chi connectivity index (χ2v) is 7.33. The third-order valence-corrected chi connectivity index (χ3v) is 5.54. The molecule has 0 aromatic carbocycles. The van der Waals surface area contributed by atoms with Crippen molar-refractivity contribution in [3.63, 3.8) is 0 Å². The Morgan fingerprint density at radius 2 is 1.96 bits per heavy atom. The van der Waals surface area contributed by atoms with Crippen molar-refractivity contribution in [3.05, 3.63) is 43.6 Å². The summed E-state index contributed by atoms with van der Waals surface area (Å²) in [6.45, 7) is 9.12. The summed E-state index contributed by atoms with van der Waals surface area (Å²) in [7, 11) is 1.77. The largest absolute Gasteiger partial charge is 0.451 e. The van der Waals surface area contributed by atoms with E-state index in [9.17, 15) is 9.59 Å². The Hall–Kier alpha value is -2.48. The molecule has 0 amide bonds. The Bertz CT molecular complexity index is 1040. The molecule has 132 valence electrons. The van der Waals surface area contributed by atoms with Gasteiger partial charge in [-0.25, -0.2) is 9.78 Å². The molecule has 3 aromatic rings. The summed E-state index contributed by atoms with van der Waals surface area (Å²) in [6.07, 6.45) is -0.675. The van der Waals surface area contributed by atoms with Crippen molar-refractivity contribution in [2.75, 3.05) is 0 Å². The summed E-state index contributed by atoms with van der Waals surface area (Å²) in [5.74, 6) is -0.136. The first-order valence-corrected chi connectivity index (χ1v) is 8.73. The molecule has 0 aliphatic rings. The topological polar surface area (TPSA) is 89.9 Å². The molecule has 0 bridgehead atoms. The molecule has 25 heavy (non-hydrogen) atoms. The number of rotatable bonds is 3. The molecule has 0 saturated carbocycles. The molecule has 1 atom stereocenters. The zero-order valence-electron chi connectivity index (χ0n) is 15.1. The Labute approximate surface area is 148 Å². The molecule has 7 nitrogen and oxygen atoms in total. The maximum absolute atomic E-state index is 12.5. The third kappa shape index (κ3) is 2.86. The van der Waals surface area contributed by atoms with E-state index in [-0.39, 0.29) is 5.56 Å². The van der Waals surface area contributed by atoms with Crippen LogP contribution in [0.25, 0.3) is 10.2 Å². The van der Waals surface area contributed by atoms with Gasteiger partial charge in [-0.1, -0.05) is 0 Å². The quantitative estimate of drug-likeness (QED) is 0.725. The van der Waals surface area contributed by atoms with Crippen LogP contribution in [0.2, 0.25) is 0 Å². The summed E-state index contributed by atoms with van der Waals surface area (Å²) >= 11 is 1.46. The van der Waals surface area contributed by atoms with Gasteiger partial charge in [0.25, 0.3) is 5.56 Å². The summed E-state index contributed by atoms with van der Waals surface area (Å²) in [4.78, 5) is 33.8. The second-order valence-electron chi connectivity index (χ2n) is 6.13. The first-order chi connectivity index (χ1) is 11.7. The van der Waals surface area contributed by atoms with Crippen LogP contribution in [0.4, 0.5) is 0 Å². The highest BCUT2D eigenvalue weighted by atomic mass is 32.1. The molecule has 3 aromatic heterocycles. The fourth-order valence-electron chi connectivity index (χ4n) is 2.81. The van der Waals surface area contributed by atoms with Crippen molar-refractivity contribution in [1.82, 2.24) is 19.7 Å².